The lowest BCUT2D eigenvalue weighted by atomic mass is 10.2. The molecule has 7 heteroatoms. The number of ketones is 1. The van der Waals surface area contributed by atoms with Crippen LogP contribution in [0.2, 0.25) is 0 Å². The van der Waals surface area contributed by atoms with Gasteiger partial charge in [-0.3, -0.25) is 4.79 Å². The monoisotopic (exact) mass is 233 g/mol. The van der Waals surface area contributed by atoms with E-state index in [0.717, 1.165) is 0 Å². The molecule has 0 N–H and O–H groups in total. The van der Waals surface area contributed by atoms with E-state index in [2.05, 4.69) is 53.3 Å². The fourth-order valence-electron chi connectivity index (χ4n) is 0.639. The van der Waals surface area contributed by atoms with Crippen LogP contribution < -0.4 is 0 Å². The molecule has 1 aromatic rings. The second-order valence-corrected chi connectivity index (χ2v) is 4.51. The molecule has 1 rings (SSSR count). The van der Waals surface area contributed by atoms with Crippen LogP contribution in [0.5, 0.6) is 0 Å². The predicted molar refractivity (Wildman–Crippen MR) is 58.7 cm³/mol. The van der Waals surface area contributed by atoms with Gasteiger partial charge in [0, 0.05) is 5.75 Å². The number of hydrogen-bond acceptors (Lipinski definition) is 7. The van der Waals surface area contributed by atoms with Crippen molar-refractivity contribution in [2.24, 2.45) is 0 Å². The molecule has 0 bridgehead atoms. The maximum atomic E-state index is 11.6. The van der Waals surface area contributed by atoms with Crippen molar-refractivity contribution in [3.63, 3.8) is 0 Å². The number of Topliss-reactive ketones (excluding diaryl/α,β-unsaturated/α-hetero) is 1. The highest BCUT2D eigenvalue weighted by atomic mass is 32.2. The zero-order valence-electron chi connectivity index (χ0n) is 6.45. The highest BCUT2D eigenvalue weighted by Gasteiger charge is 2.30. The Balaban J connectivity index is 2.93. The van der Waals surface area contributed by atoms with Gasteiger partial charge in [-0.15, -0.1) is 10.2 Å². The van der Waals surface area contributed by atoms with Crippen LogP contribution in [0.4, 0.5) is 0 Å². The quantitative estimate of drug-likeness (QED) is 0.405. The minimum Gasteiger partial charge on any atom is -0.290 e. The van der Waals surface area contributed by atoms with Crippen molar-refractivity contribution in [2.45, 2.75) is 4.08 Å². The Hall–Kier alpha value is -0.270. The first-order valence-corrected chi connectivity index (χ1v) is 4.85. The first-order chi connectivity index (χ1) is 6.08. The van der Waals surface area contributed by atoms with E-state index < -0.39 is 4.08 Å². The molecule has 1 aromatic heterocycles. The molecule has 0 spiro atoms. The predicted octanol–water partition coefficient (Wildman–Crippen LogP) is 0.540. The molecule has 0 saturated carbocycles. The van der Waals surface area contributed by atoms with Crippen LogP contribution in [0.25, 0.3) is 0 Å². The van der Waals surface area contributed by atoms with Gasteiger partial charge in [-0.1, -0.05) is 0 Å². The van der Waals surface area contributed by atoms with Gasteiger partial charge in [0.25, 0.3) is 0 Å². The highest BCUT2D eigenvalue weighted by Crippen LogP contribution is 2.25. The van der Waals surface area contributed by atoms with E-state index in [9.17, 15) is 4.79 Å². The molecular weight excluding hydrogens is 226 g/mol. The summed E-state index contributed by atoms with van der Waals surface area (Å²) >= 11 is 12.0. The van der Waals surface area contributed by atoms with E-state index in [-0.39, 0.29) is 17.2 Å². The van der Waals surface area contributed by atoms with Crippen LogP contribution in [-0.4, -0.2) is 31.0 Å². The van der Waals surface area contributed by atoms with Gasteiger partial charge in [0.2, 0.25) is 5.78 Å². The molecule has 0 aromatic carbocycles. The Labute approximate surface area is 91.7 Å². The number of rotatable bonds is 3. The van der Waals surface area contributed by atoms with Crippen molar-refractivity contribution in [2.75, 3.05) is 5.75 Å². The lowest BCUT2D eigenvalue weighted by Crippen LogP contribution is -2.29. The zero-order chi connectivity index (χ0) is 9.90. The highest BCUT2D eigenvalue weighted by molar-refractivity contribution is 8.03. The van der Waals surface area contributed by atoms with E-state index in [1.165, 1.54) is 12.3 Å². The summed E-state index contributed by atoms with van der Waals surface area (Å²) in [4.78, 5) is 11.6. The molecule has 0 saturated heterocycles. The largest absolute Gasteiger partial charge is 0.290 e. The van der Waals surface area contributed by atoms with Gasteiger partial charge in [0.1, 0.15) is 9.77 Å². The second kappa shape index (κ2) is 4.30. The van der Waals surface area contributed by atoms with Gasteiger partial charge in [0.15, 0.2) is 0 Å². The Morgan fingerprint density at radius 3 is 2.69 bits per heavy atom. The molecule has 0 unspecified atom stereocenters. The second-order valence-electron chi connectivity index (χ2n) is 2.31. The first-order valence-electron chi connectivity index (χ1n) is 3.32. The third-order valence-corrected chi connectivity index (χ3v) is 3.02. The van der Waals surface area contributed by atoms with Crippen molar-refractivity contribution in [1.29, 1.82) is 0 Å². The summed E-state index contributed by atoms with van der Waals surface area (Å²) in [6, 6.07) is 1.46. The maximum Gasteiger partial charge on any atom is 0.209 e. The Morgan fingerprint density at radius 2 is 2.23 bits per heavy atom. The fourth-order valence-corrected chi connectivity index (χ4v) is 1.01. The molecule has 0 amide bonds. The van der Waals surface area contributed by atoms with Crippen molar-refractivity contribution < 1.29 is 4.79 Å². The summed E-state index contributed by atoms with van der Waals surface area (Å²) < 4.78 is -1.11. The number of thiol groups is 3. The van der Waals surface area contributed by atoms with Crippen LogP contribution in [0, 0.1) is 0 Å². The van der Waals surface area contributed by atoms with E-state index in [1.54, 1.807) is 0 Å². The smallest absolute Gasteiger partial charge is 0.209 e. The molecule has 0 aliphatic heterocycles. The summed E-state index contributed by atoms with van der Waals surface area (Å²) in [5, 5.41) is 10.3. The van der Waals surface area contributed by atoms with Gasteiger partial charge in [-0.2, -0.15) is 37.9 Å². The normalized spacial score (nSPS) is 11.3. The third kappa shape index (κ3) is 2.58. The molecule has 1 heterocycles. The van der Waals surface area contributed by atoms with Gasteiger partial charge in [-0.25, -0.2) is 0 Å². The third-order valence-electron chi connectivity index (χ3n) is 1.32. The fraction of sp³-hybridized carbons (Fsp3) is 0.333. The number of nitrogens with zero attached hydrogens (tertiary/aromatic N) is 3. The Kier molecular flexibility index (Phi) is 3.57. The summed E-state index contributed by atoms with van der Waals surface area (Å²) in [5.41, 5.74) is 0.189. The summed E-state index contributed by atoms with van der Waals surface area (Å²) in [7, 11) is 0. The van der Waals surface area contributed by atoms with E-state index in [0.29, 0.717) is 0 Å². The van der Waals surface area contributed by atoms with Crippen molar-refractivity contribution in [3.8, 4) is 0 Å². The minimum atomic E-state index is -1.11. The van der Waals surface area contributed by atoms with Gasteiger partial charge >= 0.3 is 0 Å². The molecular formula is C6H7N3OS3. The number of aromatic nitrogens is 3. The molecule has 0 aliphatic carbocycles. The first kappa shape index (κ1) is 10.8. The van der Waals surface area contributed by atoms with E-state index >= 15 is 0 Å². The number of carbonyl (C=O) groups is 1. The zero-order valence-corrected chi connectivity index (χ0v) is 9.14. The summed E-state index contributed by atoms with van der Waals surface area (Å²) in [6.45, 7) is 0. The molecule has 0 aliphatic rings. The van der Waals surface area contributed by atoms with Crippen LogP contribution >= 0.6 is 37.9 Å². The van der Waals surface area contributed by atoms with Crippen molar-refractivity contribution in [1.82, 2.24) is 15.4 Å². The maximum absolute atomic E-state index is 11.6. The van der Waals surface area contributed by atoms with Gasteiger partial charge in [-0.05, 0) is 11.3 Å². The Morgan fingerprint density at radius 1 is 1.54 bits per heavy atom. The molecule has 4 nitrogen and oxygen atoms in total. The van der Waals surface area contributed by atoms with Crippen molar-refractivity contribution in [3.05, 3.63) is 18.0 Å². The number of carbonyl (C=O) groups excluding carboxylic acids is 1. The molecule has 70 valence electrons. The molecule has 13 heavy (non-hydrogen) atoms. The van der Waals surface area contributed by atoms with Gasteiger partial charge < -0.3 is 0 Å². The van der Waals surface area contributed by atoms with Crippen LogP contribution in [0.3, 0.4) is 0 Å². The van der Waals surface area contributed by atoms with Gasteiger partial charge in [0.05, 0.1) is 6.20 Å². The lowest BCUT2D eigenvalue weighted by Gasteiger charge is -2.16. The van der Waals surface area contributed by atoms with Crippen LogP contribution in [0.1, 0.15) is 10.5 Å². The van der Waals surface area contributed by atoms with Crippen LogP contribution in [-0.2, 0) is 0 Å². The Bertz CT molecular complexity index is 303. The molecule has 0 fully saturated rings. The molecule has 0 atom stereocenters. The summed E-state index contributed by atoms with van der Waals surface area (Å²) in [5.74, 6) is -0.119. The van der Waals surface area contributed by atoms with Crippen LogP contribution in [0.15, 0.2) is 12.3 Å². The SMILES string of the molecule is O=C(c1ccnnn1)C(S)(S)CS. The number of hydrogen-bond donors (Lipinski definition) is 3. The minimum absolute atomic E-state index is 0.189. The average Bonchev–Trinajstić information content (AvgIpc) is 2.18. The lowest BCUT2D eigenvalue weighted by molar-refractivity contribution is 0.0980. The molecule has 0 radical (unpaired) electrons. The standard InChI is InChI=1S/C6H7N3OS3/c10-5(6(12,13)3-11)4-1-2-7-9-8-4/h1-2,11-13H,3H2. The van der Waals surface area contributed by atoms with Crippen molar-refractivity contribution >= 4 is 43.7 Å². The average molecular weight is 233 g/mol. The summed E-state index contributed by atoms with van der Waals surface area (Å²) in [6.07, 6.45) is 1.39. The van der Waals surface area contributed by atoms with E-state index in [4.69, 9.17) is 0 Å². The topological polar surface area (TPSA) is 55.7 Å². The van der Waals surface area contributed by atoms with E-state index in [1.807, 2.05) is 0 Å².